The molecular weight excluding hydrogens is 604 g/mol. The average Bonchev–Trinajstić information content (AvgIpc) is 2.81. The molecular formula is C35H60N4O8. The predicted octanol–water partition coefficient (Wildman–Crippen LogP) is 6.54. The summed E-state index contributed by atoms with van der Waals surface area (Å²) >= 11 is 0. The third-order valence-corrected chi connectivity index (χ3v) is 8.47. The quantitative estimate of drug-likeness (QED) is 0.218. The molecule has 0 unspecified atom stereocenters. The minimum absolute atomic E-state index is 0.150. The summed E-state index contributed by atoms with van der Waals surface area (Å²) in [4.78, 5) is 38.2. The Morgan fingerprint density at radius 1 is 0.723 bits per heavy atom. The van der Waals surface area contributed by atoms with Gasteiger partial charge in [-0.05, 0) is 108 Å². The van der Waals surface area contributed by atoms with Crippen LogP contribution >= 0.6 is 0 Å². The van der Waals surface area contributed by atoms with Crippen LogP contribution in [0.3, 0.4) is 0 Å². The van der Waals surface area contributed by atoms with E-state index in [1.54, 1.807) is 45.9 Å². The van der Waals surface area contributed by atoms with E-state index in [0.29, 0.717) is 37.1 Å². The molecule has 2 aliphatic heterocycles. The summed E-state index contributed by atoms with van der Waals surface area (Å²) in [6.45, 7) is 25.2. The van der Waals surface area contributed by atoms with E-state index in [2.05, 4.69) is 10.6 Å². The Kier molecular flexibility index (Phi) is 11.4. The van der Waals surface area contributed by atoms with Crippen LogP contribution < -0.4 is 10.6 Å². The first-order valence-corrected chi connectivity index (χ1v) is 16.6. The van der Waals surface area contributed by atoms with Gasteiger partial charge < -0.3 is 19.7 Å². The second-order valence-electron chi connectivity index (χ2n) is 17.2. The summed E-state index contributed by atoms with van der Waals surface area (Å²) < 4.78 is 11.8. The molecule has 3 rings (SSSR count). The molecule has 2 amide bonds. The van der Waals surface area contributed by atoms with E-state index in [9.17, 15) is 19.8 Å². The lowest BCUT2D eigenvalue weighted by Crippen LogP contribution is -2.62. The number of aliphatic hydroxyl groups is 2. The van der Waals surface area contributed by atoms with Gasteiger partial charge >= 0.3 is 12.2 Å². The highest BCUT2D eigenvalue weighted by Crippen LogP contribution is 2.41. The summed E-state index contributed by atoms with van der Waals surface area (Å²) in [5.74, 6) is 0. The minimum Gasteiger partial charge on any atom is -0.446 e. The van der Waals surface area contributed by atoms with Crippen molar-refractivity contribution in [2.45, 2.75) is 161 Å². The second kappa shape index (κ2) is 13.8. The maximum absolute atomic E-state index is 13.1. The molecule has 2 aliphatic rings. The number of nitrogens with one attached hydrogen (secondary N) is 2. The van der Waals surface area contributed by atoms with Crippen molar-refractivity contribution >= 4 is 23.6 Å². The van der Waals surface area contributed by atoms with Crippen molar-refractivity contribution in [2.24, 2.45) is 0 Å². The zero-order valence-corrected chi connectivity index (χ0v) is 30.9. The lowest BCUT2D eigenvalue weighted by atomic mass is 9.80. The lowest BCUT2D eigenvalue weighted by molar-refractivity contribution is -0.305. The molecule has 12 heteroatoms. The van der Waals surface area contributed by atoms with Crippen LogP contribution in [0.4, 0.5) is 21.0 Å². The number of rotatable bonds is 10. The maximum Gasteiger partial charge on any atom is 0.411 e. The van der Waals surface area contributed by atoms with Gasteiger partial charge in [-0.2, -0.15) is 10.1 Å². The molecule has 0 aliphatic carbocycles. The van der Waals surface area contributed by atoms with Gasteiger partial charge in [0.05, 0.1) is 24.4 Å². The Bertz CT molecular complexity index is 1230. The van der Waals surface area contributed by atoms with Crippen LogP contribution in [0.25, 0.3) is 0 Å². The zero-order chi connectivity index (χ0) is 35.8. The molecule has 2 heterocycles. The topological polar surface area (TPSA) is 142 Å². The Hall–Kier alpha value is -2.48. The molecule has 1 aromatic carbocycles. The number of carbonyl (C=O) groups is 2. The molecule has 0 aromatic heterocycles. The van der Waals surface area contributed by atoms with E-state index in [1.165, 1.54) is 0 Å². The molecule has 1 aromatic rings. The third kappa shape index (κ3) is 11.0. The van der Waals surface area contributed by atoms with E-state index < -0.39 is 45.5 Å². The van der Waals surface area contributed by atoms with Crippen LogP contribution in [0, 0.1) is 6.92 Å². The highest BCUT2D eigenvalue weighted by Gasteiger charge is 2.49. The molecule has 2 saturated heterocycles. The van der Waals surface area contributed by atoms with Gasteiger partial charge in [0.1, 0.15) is 12.2 Å². The number of hydrogen-bond acceptors (Lipinski definition) is 10. The van der Waals surface area contributed by atoms with E-state index in [1.807, 2.05) is 72.4 Å². The number of hydrogen-bond donors (Lipinski definition) is 4. The summed E-state index contributed by atoms with van der Waals surface area (Å²) in [5, 5.41) is 29.8. The van der Waals surface area contributed by atoms with Crippen molar-refractivity contribution in [3.63, 3.8) is 0 Å². The minimum atomic E-state index is -0.975. The fraction of sp³-hybridized carbons (Fsp3) is 0.771. The summed E-state index contributed by atoms with van der Waals surface area (Å²) in [5.41, 5.74) is -1.98. The Morgan fingerprint density at radius 3 is 1.45 bits per heavy atom. The first-order chi connectivity index (χ1) is 21.2. The van der Waals surface area contributed by atoms with Gasteiger partial charge in [-0.1, -0.05) is 6.07 Å². The van der Waals surface area contributed by atoms with Crippen LogP contribution in [0.15, 0.2) is 18.2 Å². The number of carbonyl (C=O) groups excluding carboxylic acids is 2. The van der Waals surface area contributed by atoms with Crippen LogP contribution in [0.2, 0.25) is 0 Å². The van der Waals surface area contributed by atoms with E-state index in [-0.39, 0.29) is 25.4 Å². The number of nitrogens with zero attached hydrogens (tertiary/aromatic N) is 2. The zero-order valence-electron chi connectivity index (χ0n) is 30.9. The van der Waals surface area contributed by atoms with Gasteiger partial charge in [-0.15, -0.1) is 0 Å². The molecule has 12 nitrogen and oxygen atoms in total. The summed E-state index contributed by atoms with van der Waals surface area (Å²) in [7, 11) is 0. The summed E-state index contributed by atoms with van der Waals surface area (Å²) in [6.07, 6.45) is 0.270. The van der Waals surface area contributed by atoms with Crippen molar-refractivity contribution < 1.29 is 39.0 Å². The number of benzene rings is 1. The maximum atomic E-state index is 13.1. The van der Waals surface area contributed by atoms with Crippen molar-refractivity contribution in [3.8, 4) is 0 Å². The van der Waals surface area contributed by atoms with E-state index in [4.69, 9.17) is 19.1 Å². The molecule has 0 saturated carbocycles. The highest BCUT2D eigenvalue weighted by atomic mass is 16.7. The first-order valence-electron chi connectivity index (χ1n) is 16.6. The second-order valence-corrected chi connectivity index (χ2v) is 17.2. The molecule has 268 valence electrons. The number of anilines is 2. The molecule has 0 bridgehead atoms. The summed E-state index contributed by atoms with van der Waals surface area (Å²) in [6, 6.07) is 5.24. The number of piperidine rings is 2. The Morgan fingerprint density at radius 2 is 1.09 bits per heavy atom. The molecule has 0 spiro atoms. The van der Waals surface area contributed by atoms with Crippen LogP contribution in [0.5, 0.6) is 0 Å². The fourth-order valence-electron chi connectivity index (χ4n) is 7.08. The molecule has 47 heavy (non-hydrogen) atoms. The number of amides is 2. The smallest absolute Gasteiger partial charge is 0.411 e. The monoisotopic (exact) mass is 664 g/mol. The SMILES string of the molecule is Cc1ccc(NC(=O)OC2CC(C)(C)N(OCC(C)(C)O)C(C)(C)C2)cc1NC(=O)OC1CC(C)(C)N(OCC(C)(C)O)C(C)(C)C1. The highest BCUT2D eigenvalue weighted by molar-refractivity contribution is 5.89. The predicted molar refractivity (Wildman–Crippen MR) is 182 cm³/mol. The van der Waals surface area contributed by atoms with E-state index in [0.717, 1.165) is 5.56 Å². The van der Waals surface area contributed by atoms with E-state index >= 15 is 0 Å². The van der Waals surface area contributed by atoms with Gasteiger partial charge in [-0.3, -0.25) is 20.3 Å². The van der Waals surface area contributed by atoms with Crippen LogP contribution in [0.1, 0.15) is 114 Å². The lowest BCUT2D eigenvalue weighted by Gasteiger charge is -2.53. The van der Waals surface area contributed by atoms with Gasteiger partial charge in [0, 0.05) is 59.2 Å². The van der Waals surface area contributed by atoms with Crippen LogP contribution in [-0.4, -0.2) is 91.3 Å². The first kappa shape index (κ1) is 39.0. The largest absolute Gasteiger partial charge is 0.446 e. The number of ether oxygens (including phenoxy) is 2. The van der Waals surface area contributed by atoms with Gasteiger partial charge in [0.15, 0.2) is 0 Å². The molecule has 0 atom stereocenters. The normalized spacial score (nSPS) is 22.0. The number of aryl methyl sites for hydroxylation is 1. The standard InChI is InChI=1S/C35H60N4O8/c1-23-14-15-24(36-28(40)46-25-17-30(2,3)38(31(4,5)18-25)44-21-34(10,11)42)16-27(23)37-29(41)47-26-19-32(6,7)39(33(8,9)20-26)45-22-35(12,13)43/h14-16,25-26,42-43H,17-22H2,1-13H3,(H,36,40)(H,37,41). The number of hydroxylamine groups is 4. The van der Waals surface area contributed by atoms with Gasteiger partial charge in [0.25, 0.3) is 0 Å². The Balaban J connectivity index is 1.60. The van der Waals surface area contributed by atoms with Gasteiger partial charge in [-0.25, -0.2) is 9.59 Å². The van der Waals surface area contributed by atoms with Crippen molar-refractivity contribution in [2.75, 3.05) is 23.8 Å². The average molecular weight is 665 g/mol. The Labute approximate surface area is 281 Å². The van der Waals surface area contributed by atoms with Gasteiger partial charge in [0.2, 0.25) is 0 Å². The third-order valence-electron chi connectivity index (χ3n) is 8.47. The van der Waals surface area contributed by atoms with Crippen molar-refractivity contribution in [3.05, 3.63) is 23.8 Å². The molecule has 4 N–H and O–H groups in total. The fourth-order valence-corrected chi connectivity index (χ4v) is 7.08. The van der Waals surface area contributed by atoms with Crippen molar-refractivity contribution in [1.29, 1.82) is 0 Å². The molecule has 2 fully saturated rings. The molecule has 0 radical (unpaired) electrons. The van der Waals surface area contributed by atoms with Crippen molar-refractivity contribution in [1.82, 2.24) is 10.1 Å². The van der Waals surface area contributed by atoms with Crippen LogP contribution in [-0.2, 0) is 19.1 Å².